The summed E-state index contributed by atoms with van der Waals surface area (Å²) in [6, 6.07) is 5.44. The lowest BCUT2D eigenvalue weighted by atomic mass is 10.00. The molecule has 1 aliphatic rings. The maximum absolute atomic E-state index is 12.4. The van der Waals surface area contributed by atoms with Gasteiger partial charge in [0.1, 0.15) is 5.75 Å². The van der Waals surface area contributed by atoms with Crippen LogP contribution in [0.2, 0.25) is 0 Å². The molecule has 1 atom stereocenters. The van der Waals surface area contributed by atoms with E-state index < -0.39 is 10.0 Å². The molecular weight excluding hydrogens is 392 g/mol. The predicted molar refractivity (Wildman–Crippen MR) is 100 cm³/mol. The minimum absolute atomic E-state index is 0.250. The van der Waals surface area contributed by atoms with E-state index in [1.165, 1.54) is 25.7 Å². The summed E-state index contributed by atoms with van der Waals surface area (Å²) in [4.78, 5) is 2.75. The van der Waals surface area contributed by atoms with E-state index in [0.717, 1.165) is 19.5 Å². The zero-order valence-electron chi connectivity index (χ0n) is 14.4. The van der Waals surface area contributed by atoms with Gasteiger partial charge in [0, 0.05) is 12.6 Å². The molecule has 0 amide bonds. The van der Waals surface area contributed by atoms with Gasteiger partial charge in [0.15, 0.2) is 0 Å². The van der Waals surface area contributed by atoms with Crippen LogP contribution in [0.1, 0.15) is 39.0 Å². The summed E-state index contributed by atoms with van der Waals surface area (Å²) in [5.41, 5.74) is 0. The number of rotatable bonds is 8. The molecule has 1 heterocycles. The average Bonchev–Trinajstić information content (AvgIpc) is 2.59. The maximum atomic E-state index is 12.4. The minimum atomic E-state index is -3.48. The first-order valence-electron chi connectivity index (χ1n) is 8.55. The average molecular weight is 419 g/mol. The molecule has 1 aromatic carbocycles. The highest BCUT2D eigenvalue weighted by molar-refractivity contribution is 9.10. The van der Waals surface area contributed by atoms with Crippen LogP contribution in [0, 0.1) is 0 Å². The van der Waals surface area contributed by atoms with Crippen molar-refractivity contribution in [2.45, 2.75) is 50.0 Å². The lowest BCUT2D eigenvalue weighted by Crippen LogP contribution is -2.40. The van der Waals surface area contributed by atoms with Gasteiger partial charge in [0.25, 0.3) is 0 Å². The Labute approximate surface area is 153 Å². The molecule has 136 valence electrons. The monoisotopic (exact) mass is 418 g/mol. The van der Waals surface area contributed by atoms with Crippen molar-refractivity contribution >= 4 is 26.0 Å². The van der Waals surface area contributed by atoms with Crippen LogP contribution in [0.4, 0.5) is 0 Å². The van der Waals surface area contributed by atoms with Crippen molar-refractivity contribution < 1.29 is 13.2 Å². The van der Waals surface area contributed by atoms with Crippen LogP contribution in [0.3, 0.4) is 0 Å². The van der Waals surface area contributed by atoms with Gasteiger partial charge in [-0.15, -0.1) is 0 Å². The van der Waals surface area contributed by atoms with Crippen molar-refractivity contribution in [3.05, 3.63) is 22.7 Å². The normalized spacial score (nSPS) is 19.4. The molecule has 0 bridgehead atoms. The summed E-state index contributed by atoms with van der Waals surface area (Å²) in [5.74, 6) is 0.615. The lowest BCUT2D eigenvalue weighted by molar-refractivity contribution is 0.143. The van der Waals surface area contributed by atoms with Crippen LogP contribution in [-0.2, 0) is 10.0 Å². The van der Waals surface area contributed by atoms with Crippen LogP contribution >= 0.6 is 15.9 Å². The van der Waals surface area contributed by atoms with E-state index in [0.29, 0.717) is 22.8 Å². The minimum Gasteiger partial charge on any atom is -0.496 e. The van der Waals surface area contributed by atoms with E-state index in [4.69, 9.17) is 4.74 Å². The number of methoxy groups -OCH3 is 1. The van der Waals surface area contributed by atoms with Gasteiger partial charge in [-0.2, -0.15) is 0 Å². The molecule has 0 unspecified atom stereocenters. The number of hydrogen-bond donors (Lipinski definition) is 1. The Morgan fingerprint density at radius 3 is 2.83 bits per heavy atom. The van der Waals surface area contributed by atoms with E-state index in [1.54, 1.807) is 25.3 Å². The van der Waals surface area contributed by atoms with Gasteiger partial charge in [0.05, 0.1) is 16.5 Å². The third-order valence-corrected chi connectivity index (χ3v) is 6.65. The summed E-state index contributed by atoms with van der Waals surface area (Å²) < 4.78 is 33.2. The summed E-state index contributed by atoms with van der Waals surface area (Å²) in [6.45, 7) is 4.77. The van der Waals surface area contributed by atoms with Crippen LogP contribution < -0.4 is 9.46 Å². The number of nitrogens with one attached hydrogen (secondary N) is 1. The van der Waals surface area contributed by atoms with Crippen LogP contribution in [0.25, 0.3) is 0 Å². The zero-order valence-corrected chi connectivity index (χ0v) is 16.8. The number of hydrogen-bond acceptors (Lipinski definition) is 4. The highest BCUT2D eigenvalue weighted by Crippen LogP contribution is 2.27. The Kier molecular flexibility index (Phi) is 7.53. The van der Waals surface area contributed by atoms with Gasteiger partial charge in [0.2, 0.25) is 10.0 Å². The molecule has 2 rings (SSSR count). The Hall–Kier alpha value is -0.630. The Morgan fingerprint density at radius 2 is 2.17 bits per heavy atom. The number of halogens is 1. The molecule has 0 aromatic heterocycles. The molecule has 0 saturated carbocycles. The highest BCUT2D eigenvalue weighted by Gasteiger charge is 2.20. The van der Waals surface area contributed by atoms with Crippen LogP contribution in [0.15, 0.2) is 27.6 Å². The standard InChI is InChI=1S/C17H27BrN2O3S/c1-3-14-7-4-5-11-20(14)12-6-10-19-24(21,22)15-8-9-17(23-2)16(18)13-15/h8-9,13-14,19H,3-7,10-12H2,1-2H3/t14-/m1/s1. The Bertz CT molecular complexity index is 637. The summed E-state index contributed by atoms with van der Waals surface area (Å²) in [7, 11) is -1.93. The quantitative estimate of drug-likeness (QED) is 0.657. The smallest absolute Gasteiger partial charge is 0.240 e. The van der Waals surface area contributed by atoms with Gasteiger partial charge in [-0.05, 0) is 72.9 Å². The molecule has 7 heteroatoms. The Morgan fingerprint density at radius 1 is 1.38 bits per heavy atom. The summed E-state index contributed by atoms with van der Waals surface area (Å²) in [5, 5.41) is 0. The number of benzene rings is 1. The van der Waals surface area contributed by atoms with Gasteiger partial charge in [-0.3, -0.25) is 0 Å². The largest absolute Gasteiger partial charge is 0.496 e. The van der Waals surface area contributed by atoms with E-state index in [-0.39, 0.29) is 4.90 Å². The maximum Gasteiger partial charge on any atom is 0.240 e. The van der Waals surface area contributed by atoms with Crippen molar-refractivity contribution in [3.8, 4) is 5.75 Å². The van der Waals surface area contributed by atoms with Gasteiger partial charge in [-0.1, -0.05) is 13.3 Å². The fourth-order valence-electron chi connectivity index (χ4n) is 3.20. The Balaban J connectivity index is 1.85. The van der Waals surface area contributed by atoms with E-state index in [2.05, 4.69) is 32.5 Å². The number of nitrogens with zero attached hydrogens (tertiary/aromatic N) is 1. The van der Waals surface area contributed by atoms with Crippen molar-refractivity contribution in [3.63, 3.8) is 0 Å². The van der Waals surface area contributed by atoms with Crippen LogP contribution in [0.5, 0.6) is 5.75 Å². The molecule has 0 spiro atoms. The van der Waals surface area contributed by atoms with Crippen molar-refractivity contribution in [2.75, 3.05) is 26.7 Å². The third kappa shape index (κ3) is 5.18. The lowest BCUT2D eigenvalue weighted by Gasteiger charge is -2.35. The fraction of sp³-hybridized carbons (Fsp3) is 0.647. The van der Waals surface area contributed by atoms with Gasteiger partial charge >= 0.3 is 0 Å². The van der Waals surface area contributed by atoms with Crippen LogP contribution in [-0.4, -0.2) is 46.1 Å². The molecule has 24 heavy (non-hydrogen) atoms. The first kappa shape index (κ1) is 19.7. The van der Waals surface area contributed by atoms with Crippen molar-refractivity contribution in [1.29, 1.82) is 0 Å². The second kappa shape index (κ2) is 9.17. The molecular formula is C17H27BrN2O3S. The predicted octanol–water partition coefficient (Wildman–Crippen LogP) is 3.39. The number of ether oxygens (including phenoxy) is 1. The molecule has 1 aliphatic heterocycles. The number of likely N-dealkylation sites (tertiary alicyclic amines) is 1. The molecule has 0 radical (unpaired) electrons. The fourth-order valence-corrected chi connectivity index (χ4v) is 5.00. The topological polar surface area (TPSA) is 58.6 Å². The SMILES string of the molecule is CC[C@@H]1CCCCN1CCCNS(=O)(=O)c1ccc(OC)c(Br)c1. The second-order valence-corrected chi connectivity index (χ2v) is 8.76. The summed E-state index contributed by atoms with van der Waals surface area (Å²) >= 11 is 3.32. The van der Waals surface area contributed by atoms with E-state index in [9.17, 15) is 8.42 Å². The van der Waals surface area contributed by atoms with Gasteiger partial charge < -0.3 is 9.64 Å². The molecule has 1 N–H and O–H groups in total. The van der Waals surface area contributed by atoms with Crippen molar-refractivity contribution in [2.24, 2.45) is 0 Å². The van der Waals surface area contributed by atoms with Crippen molar-refractivity contribution in [1.82, 2.24) is 9.62 Å². The number of sulfonamides is 1. The number of piperidine rings is 1. The molecule has 5 nitrogen and oxygen atoms in total. The first-order chi connectivity index (χ1) is 11.5. The molecule has 0 aliphatic carbocycles. The third-order valence-electron chi connectivity index (χ3n) is 4.57. The summed E-state index contributed by atoms with van der Waals surface area (Å²) in [6.07, 6.45) is 5.83. The zero-order chi connectivity index (χ0) is 17.6. The van der Waals surface area contributed by atoms with E-state index in [1.807, 2.05) is 0 Å². The molecule has 1 aromatic rings. The second-order valence-electron chi connectivity index (χ2n) is 6.14. The molecule has 1 fully saturated rings. The first-order valence-corrected chi connectivity index (χ1v) is 10.8. The van der Waals surface area contributed by atoms with Gasteiger partial charge in [-0.25, -0.2) is 13.1 Å². The van der Waals surface area contributed by atoms with E-state index >= 15 is 0 Å². The highest BCUT2D eigenvalue weighted by atomic mass is 79.9. The molecule has 1 saturated heterocycles.